The molecule has 17 heavy (non-hydrogen) atoms. The van der Waals surface area contributed by atoms with E-state index >= 15 is 0 Å². The number of hydrogen-bond donors (Lipinski definition) is 0. The predicted octanol–water partition coefficient (Wildman–Crippen LogP) is 5.49. The quantitative estimate of drug-likeness (QED) is 0.672. The predicted molar refractivity (Wildman–Crippen MR) is 83.5 cm³/mol. The molecule has 92 valence electrons. The first-order valence-corrected chi connectivity index (χ1v) is 6.54. The van der Waals surface area contributed by atoms with Crippen LogP contribution in [0.25, 0.3) is 10.9 Å². The van der Waals surface area contributed by atoms with Crippen LogP contribution in [0.1, 0.15) is 24.6 Å². The fourth-order valence-electron chi connectivity index (χ4n) is 1.80. The summed E-state index contributed by atoms with van der Waals surface area (Å²) < 4.78 is 1.10. The van der Waals surface area contributed by atoms with Crippen LogP contribution in [-0.2, 0) is 6.42 Å². The van der Waals surface area contributed by atoms with Crippen molar-refractivity contribution in [3.63, 3.8) is 0 Å². The van der Waals surface area contributed by atoms with Crippen molar-refractivity contribution in [1.29, 1.82) is 0 Å². The fourth-order valence-corrected chi connectivity index (χ4v) is 2.53. The molecule has 1 aromatic heterocycles. The van der Waals surface area contributed by atoms with Gasteiger partial charge in [-0.1, -0.05) is 46.9 Å². The second-order valence-electron chi connectivity index (χ2n) is 3.91. The molecule has 0 bridgehead atoms. The van der Waals surface area contributed by atoms with Gasteiger partial charge >= 0.3 is 0 Å². The average molecular weight is 380 g/mol. The summed E-state index contributed by atoms with van der Waals surface area (Å²) in [6, 6.07) is 6.03. The standard InChI is InChI=1S/C13H13BrClN.BrH/c1-3-4-9-7-11(14)10-5-6-12(15)8(2)13(10)16-9;/h5-7H,3-4H2,1-2H3;1H. The van der Waals surface area contributed by atoms with Crippen LogP contribution in [-0.4, -0.2) is 4.98 Å². The molecule has 0 atom stereocenters. The Balaban J connectivity index is 0.00000144. The number of rotatable bonds is 2. The molecule has 1 aromatic carbocycles. The Morgan fingerprint density at radius 3 is 2.71 bits per heavy atom. The van der Waals surface area contributed by atoms with E-state index in [0.717, 1.165) is 44.5 Å². The normalized spacial score (nSPS) is 10.4. The average Bonchev–Trinajstić information content (AvgIpc) is 2.25. The van der Waals surface area contributed by atoms with Crippen LogP contribution in [0.3, 0.4) is 0 Å². The molecule has 0 N–H and O–H groups in total. The Kier molecular flexibility index (Phi) is 5.42. The van der Waals surface area contributed by atoms with Crippen LogP contribution in [0.4, 0.5) is 0 Å². The fraction of sp³-hybridized carbons (Fsp3) is 0.308. The van der Waals surface area contributed by atoms with E-state index < -0.39 is 0 Å². The summed E-state index contributed by atoms with van der Waals surface area (Å²) in [6.45, 7) is 4.17. The minimum absolute atomic E-state index is 0. The van der Waals surface area contributed by atoms with Crippen molar-refractivity contribution in [2.45, 2.75) is 26.7 Å². The van der Waals surface area contributed by atoms with E-state index in [4.69, 9.17) is 11.6 Å². The van der Waals surface area contributed by atoms with Gasteiger partial charge in [-0.15, -0.1) is 17.0 Å². The van der Waals surface area contributed by atoms with Crippen LogP contribution < -0.4 is 0 Å². The number of pyridine rings is 1. The number of nitrogens with zero attached hydrogens (tertiary/aromatic N) is 1. The van der Waals surface area contributed by atoms with Crippen LogP contribution in [0.5, 0.6) is 0 Å². The van der Waals surface area contributed by atoms with E-state index in [2.05, 4.69) is 33.9 Å². The van der Waals surface area contributed by atoms with Crippen molar-refractivity contribution >= 4 is 55.4 Å². The summed E-state index contributed by atoms with van der Waals surface area (Å²) in [7, 11) is 0. The lowest BCUT2D eigenvalue weighted by atomic mass is 10.1. The lowest BCUT2D eigenvalue weighted by Gasteiger charge is -2.08. The monoisotopic (exact) mass is 377 g/mol. The van der Waals surface area contributed by atoms with Gasteiger partial charge in [-0.3, -0.25) is 4.98 Å². The van der Waals surface area contributed by atoms with Crippen LogP contribution in [0.15, 0.2) is 22.7 Å². The van der Waals surface area contributed by atoms with Gasteiger partial charge in [0, 0.05) is 20.6 Å². The van der Waals surface area contributed by atoms with Gasteiger partial charge in [0.1, 0.15) is 0 Å². The van der Waals surface area contributed by atoms with Gasteiger partial charge in [0.2, 0.25) is 0 Å². The molecule has 0 radical (unpaired) electrons. The molecule has 2 rings (SSSR count). The Labute approximate surface area is 125 Å². The van der Waals surface area contributed by atoms with Gasteiger partial charge in [0.15, 0.2) is 0 Å². The Morgan fingerprint density at radius 2 is 2.06 bits per heavy atom. The smallest absolute Gasteiger partial charge is 0.0760 e. The van der Waals surface area contributed by atoms with Crippen molar-refractivity contribution in [2.75, 3.05) is 0 Å². The third-order valence-electron chi connectivity index (χ3n) is 2.68. The summed E-state index contributed by atoms with van der Waals surface area (Å²) in [5.74, 6) is 0. The van der Waals surface area contributed by atoms with E-state index in [-0.39, 0.29) is 17.0 Å². The van der Waals surface area contributed by atoms with E-state index in [1.54, 1.807) is 0 Å². The van der Waals surface area contributed by atoms with E-state index in [1.807, 2.05) is 19.1 Å². The summed E-state index contributed by atoms with van der Waals surface area (Å²) in [5.41, 5.74) is 3.18. The van der Waals surface area contributed by atoms with Gasteiger partial charge in [0.05, 0.1) is 5.52 Å². The van der Waals surface area contributed by atoms with Crippen molar-refractivity contribution in [3.05, 3.63) is 39.0 Å². The Hall–Kier alpha value is -0.120. The van der Waals surface area contributed by atoms with E-state index in [9.17, 15) is 0 Å². The zero-order chi connectivity index (χ0) is 11.7. The second-order valence-corrected chi connectivity index (χ2v) is 5.18. The molecule has 0 aliphatic carbocycles. The highest BCUT2D eigenvalue weighted by Crippen LogP contribution is 2.29. The number of halogens is 3. The zero-order valence-corrected chi connectivity index (χ0v) is 13.8. The lowest BCUT2D eigenvalue weighted by molar-refractivity contribution is 0.888. The molecule has 2 aromatic rings. The van der Waals surface area contributed by atoms with Gasteiger partial charge < -0.3 is 0 Å². The summed E-state index contributed by atoms with van der Waals surface area (Å²) in [4.78, 5) is 4.67. The molecule has 0 aliphatic heterocycles. The topological polar surface area (TPSA) is 12.9 Å². The number of fused-ring (bicyclic) bond motifs is 1. The third kappa shape index (κ3) is 3.01. The van der Waals surface area contributed by atoms with Gasteiger partial charge in [-0.05, 0) is 31.0 Å². The maximum Gasteiger partial charge on any atom is 0.0760 e. The van der Waals surface area contributed by atoms with Gasteiger partial charge in [-0.2, -0.15) is 0 Å². The molecule has 0 saturated carbocycles. The largest absolute Gasteiger partial charge is 0.252 e. The third-order valence-corrected chi connectivity index (χ3v) is 3.74. The summed E-state index contributed by atoms with van der Waals surface area (Å²) in [5, 5.41) is 1.90. The molecule has 0 saturated heterocycles. The number of hydrogen-bond acceptors (Lipinski definition) is 1. The van der Waals surface area contributed by atoms with E-state index in [1.165, 1.54) is 0 Å². The number of aryl methyl sites for hydroxylation is 2. The van der Waals surface area contributed by atoms with Gasteiger partial charge in [-0.25, -0.2) is 0 Å². The molecule has 0 amide bonds. The minimum atomic E-state index is 0. The first-order valence-electron chi connectivity index (χ1n) is 5.37. The minimum Gasteiger partial charge on any atom is -0.252 e. The molecular formula is C13H14Br2ClN. The highest BCUT2D eigenvalue weighted by Gasteiger charge is 2.08. The molecule has 0 unspecified atom stereocenters. The van der Waals surface area contributed by atoms with Crippen molar-refractivity contribution in [2.24, 2.45) is 0 Å². The molecule has 1 nitrogen and oxygen atoms in total. The Morgan fingerprint density at radius 1 is 1.35 bits per heavy atom. The highest BCUT2D eigenvalue weighted by atomic mass is 79.9. The summed E-state index contributed by atoms with van der Waals surface area (Å²) >= 11 is 9.71. The Bertz CT molecular complexity index is 540. The molecule has 0 fully saturated rings. The SMILES string of the molecule is Br.CCCc1cc(Br)c2ccc(Cl)c(C)c2n1. The maximum absolute atomic E-state index is 6.11. The molecule has 0 spiro atoms. The molecule has 4 heteroatoms. The molecular weight excluding hydrogens is 365 g/mol. The van der Waals surface area contributed by atoms with Crippen molar-refractivity contribution in [1.82, 2.24) is 4.98 Å². The van der Waals surface area contributed by atoms with E-state index in [0.29, 0.717) is 0 Å². The number of aromatic nitrogens is 1. The molecule has 1 heterocycles. The zero-order valence-electron chi connectivity index (χ0n) is 9.76. The maximum atomic E-state index is 6.11. The first kappa shape index (κ1) is 14.9. The highest BCUT2D eigenvalue weighted by molar-refractivity contribution is 9.10. The van der Waals surface area contributed by atoms with Crippen LogP contribution in [0.2, 0.25) is 5.02 Å². The van der Waals surface area contributed by atoms with Crippen molar-refractivity contribution < 1.29 is 0 Å². The first-order chi connectivity index (χ1) is 7.63. The summed E-state index contributed by atoms with van der Waals surface area (Å²) in [6.07, 6.45) is 2.10. The molecule has 0 aliphatic rings. The second kappa shape index (κ2) is 6.17. The van der Waals surface area contributed by atoms with Gasteiger partial charge in [0.25, 0.3) is 0 Å². The van der Waals surface area contributed by atoms with Crippen LogP contribution >= 0.6 is 44.5 Å². The van der Waals surface area contributed by atoms with Crippen LogP contribution in [0, 0.1) is 6.92 Å². The van der Waals surface area contributed by atoms with Crippen molar-refractivity contribution in [3.8, 4) is 0 Å². The number of benzene rings is 1. The lowest BCUT2D eigenvalue weighted by Crippen LogP contribution is -1.93.